The molecule has 15 heavy (non-hydrogen) atoms. The monoisotopic (exact) mass is 209 g/mol. The first-order chi connectivity index (χ1) is 7.22. The van der Waals surface area contributed by atoms with Crippen LogP contribution in [0.25, 0.3) is 10.9 Å². The Morgan fingerprint density at radius 3 is 3.07 bits per heavy atom. The first kappa shape index (κ1) is 9.60. The molecule has 0 bridgehead atoms. The molecule has 1 aromatic carbocycles. The predicted octanol–water partition coefficient (Wildman–Crippen LogP) is 1.04. The molecule has 0 unspecified atom stereocenters. The van der Waals surface area contributed by atoms with Crippen LogP contribution in [0.3, 0.4) is 0 Å². The van der Waals surface area contributed by atoms with E-state index in [0.29, 0.717) is 10.9 Å². The molecule has 1 aromatic heterocycles. The maximum atomic E-state index is 13.3. The van der Waals surface area contributed by atoms with E-state index < -0.39 is 5.82 Å². The molecule has 0 amide bonds. The number of aromatic nitrogens is 2. The van der Waals surface area contributed by atoms with E-state index in [9.17, 15) is 9.18 Å². The van der Waals surface area contributed by atoms with Crippen LogP contribution in [0.1, 0.15) is 0 Å². The Kier molecular flexibility index (Phi) is 2.34. The summed E-state index contributed by atoms with van der Waals surface area (Å²) in [6, 6.07) is 2.52. The van der Waals surface area contributed by atoms with Crippen LogP contribution < -0.4 is 11.0 Å². The second kappa shape index (κ2) is 3.66. The molecule has 2 rings (SSSR count). The average Bonchev–Trinajstić information content (AvgIpc) is 2.21. The molecule has 1 heterocycles. The van der Waals surface area contributed by atoms with E-state index in [0.717, 1.165) is 0 Å². The molecule has 0 saturated carbocycles. The lowest BCUT2D eigenvalue weighted by Gasteiger charge is -2.05. The van der Waals surface area contributed by atoms with Crippen LogP contribution in [0.4, 0.5) is 10.1 Å². The van der Waals surface area contributed by atoms with Gasteiger partial charge in [0.15, 0.2) is 5.82 Å². The van der Waals surface area contributed by atoms with Crippen molar-refractivity contribution in [1.82, 2.24) is 9.97 Å². The quantitative estimate of drug-likeness (QED) is 0.725. The third-order valence-electron chi connectivity index (χ3n) is 1.94. The summed E-state index contributed by atoms with van der Waals surface area (Å²) in [5.41, 5.74) is 2.42. The Morgan fingerprint density at radius 1 is 1.53 bits per heavy atom. The van der Waals surface area contributed by atoms with Gasteiger partial charge >= 0.3 is 0 Å². The highest BCUT2D eigenvalue weighted by Gasteiger charge is 2.07. The van der Waals surface area contributed by atoms with Crippen LogP contribution in [-0.4, -0.2) is 17.1 Å². The molecule has 0 radical (unpaired) electrons. The van der Waals surface area contributed by atoms with Gasteiger partial charge < -0.3 is 4.98 Å². The van der Waals surface area contributed by atoms with E-state index in [-0.39, 0.29) is 11.2 Å². The molecule has 0 saturated heterocycles. The van der Waals surface area contributed by atoms with Crippen molar-refractivity contribution in [2.45, 2.75) is 0 Å². The van der Waals surface area contributed by atoms with Crippen LogP contribution in [0.5, 0.6) is 0 Å². The van der Waals surface area contributed by atoms with Crippen LogP contribution in [-0.2, 0) is 4.84 Å². The molecule has 2 N–H and O–H groups in total. The van der Waals surface area contributed by atoms with Crippen molar-refractivity contribution >= 4 is 16.6 Å². The molecule has 0 atom stereocenters. The molecular formula is C9H8FN3O2. The number of nitrogens with zero attached hydrogens (tertiary/aromatic N) is 1. The Hall–Kier alpha value is -1.95. The summed E-state index contributed by atoms with van der Waals surface area (Å²) >= 11 is 0. The van der Waals surface area contributed by atoms with E-state index >= 15 is 0 Å². The van der Waals surface area contributed by atoms with Crippen molar-refractivity contribution in [1.29, 1.82) is 0 Å². The van der Waals surface area contributed by atoms with E-state index in [1.54, 1.807) is 0 Å². The van der Waals surface area contributed by atoms with Gasteiger partial charge in [-0.25, -0.2) is 9.37 Å². The number of anilines is 1. The highest BCUT2D eigenvalue weighted by Crippen LogP contribution is 2.18. The molecule has 0 aliphatic carbocycles. The molecular weight excluding hydrogens is 201 g/mol. The smallest absolute Gasteiger partial charge is 0.258 e. The van der Waals surface area contributed by atoms with Gasteiger partial charge in [-0.1, -0.05) is 0 Å². The molecule has 0 spiro atoms. The molecule has 0 aliphatic rings. The van der Waals surface area contributed by atoms with Crippen molar-refractivity contribution in [2.24, 2.45) is 0 Å². The number of benzene rings is 1. The molecule has 0 aliphatic heterocycles. The minimum atomic E-state index is -0.526. The fourth-order valence-electron chi connectivity index (χ4n) is 1.28. The van der Waals surface area contributed by atoms with E-state index in [2.05, 4.69) is 20.3 Å². The summed E-state index contributed by atoms with van der Waals surface area (Å²) in [4.78, 5) is 22.2. The zero-order valence-electron chi connectivity index (χ0n) is 7.87. The molecule has 78 valence electrons. The van der Waals surface area contributed by atoms with Gasteiger partial charge in [-0.05, 0) is 6.07 Å². The Labute approximate surface area is 83.9 Å². The largest absolute Gasteiger partial charge is 0.313 e. The highest BCUT2D eigenvalue weighted by atomic mass is 19.1. The number of H-pyrrole nitrogens is 1. The van der Waals surface area contributed by atoms with Crippen LogP contribution in [0.15, 0.2) is 23.3 Å². The standard InChI is InChI=1S/C9H8FN3O2/c1-15-13-8-2-5-7(3-6(8)10)11-4-12-9(5)14/h2-4,13H,1H3,(H,11,12,14). The van der Waals surface area contributed by atoms with Gasteiger partial charge in [0.25, 0.3) is 5.56 Å². The third-order valence-corrected chi connectivity index (χ3v) is 1.94. The number of nitrogens with one attached hydrogen (secondary N) is 2. The second-order valence-corrected chi connectivity index (χ2v) is 2.89. The predicted molar refractivity (Wildman–Crippen MR) is 53.0 cm³/mol. The van der Waals surface area contributed by atoms with E-state index in [1.807, 2.05) is 0 Å². The number of hydrogen-bond acceptors (Lipinski definition) is 4. The minimum absolute atomic E-state index is 0.100. The summed E-state index contributed by atoms with van der Waals surface area (Å²) in [6.07, 6.45) is 1.23. The lowest BCUT2D eigenvalue weighted by Crippen LogP contribution is -2.08. The lowest BCUT2D eigenvalue weighted by molar-refractivity contribution is 0.269. The maximum Gasteiger partial charge on any atom is 0.258 e. The van der Waals surface area contributed by atoms with Crippen molar-refractivity contribution in [3.8, 4) is 0 Å². The summed E-state index contributed by atoms with van der Waals surface area (Å²) in [7, 11) is 1.36. The van der Waals surface area contributed by atoms with Crippen molar-refractivity contribution in [3.63, 3.8) is 0 Å². The second-order valence-electron chi connectivity index (χ2n) is 2.89. The number of hydrogen-bond donors (Lipinski definition) is 2. The SMILES string of the molecule is CONc1cc2c(=O)[nH]cnc2cc1F. The number of halogens is 1. The van der Waals surface area contributed by atoms with Crippen LogP contribution in [0, 0.1) is 5.82 Å². The zero-order chi connectivity index (χ0) is 10.8. The van der Waals surface area contributed by atoms with E-state index in [1.165, 1.54) is 25.6 Å². The third kappa shape index (κ3) is 1.66. The van der Waals surface area contributed by atoms with Crippen molar-refractivity contribution < 1.29 is 9.23 Å². The Balaban J connectivity index is 2.72. The van der Waals surface area contributed by atoms with Gasteiger partial charge in [0.2, 0.25) is 0 Å². The number of fused-ring (bicyclic) bond motifs is 1. The summed E-state index contributed by atoms with van der Waals surface area (Å²) in [5, 5.41) is 0.304. The topological polar surface area (TPSA) is 67.0 Å². The molecule has 6 heteroatoms. The van der Waals surface area contributed by atoms with Gasteiger partial charge in [0, 0.05) is 6.07 Å². The molecule has 5 nitrogen and oxygen atoms in total. The molecule has 2 aromatic rings. The minimum Gasteiger partial charge on any atom is -0.313 e. The zero-order valence-corrected chi connectivity index (χ0v) is 7.87. The maximum absolute atomic E-state index is 13.3. The summed E-state index contributed by atoms with van der Waals surface area (Å²) in [6.45, 7) is 0. The lowest BCUT2D eigenvalue weighted by atomic mass is 10.2. The Bertz CT molecular complexity index is 553. The number of aromatic amines is 1. The van der Waals surface area contributed by atoms with Gasteiger partial charge in [-0.2, -0.15) is 0 Å². The first-order valence-electron chi connectivity index (χ1n) is 4.18. The van der Waals surface area contributed by atoms with Crippen molar-refractivity contribution in [2.75, 3.05) is 12.6 Å². The van der Waals surface area contributed by atoms with Gasteiger partial charge in [-0.15, -0.1) is 0 Å². The van der Waals surface area contributed by atoms with Crippen LogP contribution in [0.2, 0.25) is 0 Å². The van der Waals surface area contributed by atoms with Gasteiger partial charge in [0.05, 0.1) is 30.0 Å². The fourth-order valence-corrected chi connectivity index (χ4v) is 1.28. The van der Waals surface area contributed by atoms with Crippen molar-refractivity contribution in [3.05, 3.63) is 34.6 Å². The molecule has 0 fully saturated rings. The Morgan fingerprint density at radius 2 is 2.33 bits per heavy atom. The summed E-state index contributed by atoms with van der Waals surface area (Å²) in [5.74, 6) is -0.526. The van der Waals surface area contributed by atoms with E-state index in [4.69, 9.17) is 0 Å². The average molecular weight is 209 g/mol. The van der Waals surface area contributed by atoms with Gasteiger partial charge in [-0.3, -0.25) is 15.1 Å². The first-order valence-corrected chi connectivity index (χ1v) is 4.18. The summed E-state index contributed by atoms with van der Waals surface area (Å²) < 4.78 is 13.3. The van der Waals surface area contributed by atoms with Gasteiger partial charge in [0.1, 0.15) is 0 Å². The van der Waals surface area contributed by atoms with Crippen LogP contribution >= 0.6 is 0 Å². The highest BCUT2D eigenvalue weighted by molar-refractivity contribution is 5.81. The fraction of sp³-hybridized carbons (Fsp3) is 0.111. The number of rotatable bonds is 2. The normalized spacial score (nSPS) is 10.5.